The molecule has 0 aromatic heterocycles. The molecule has 3 unspecified atom stereocenters. The summed E-state index contributed by atoms with van der Waals surface area (Å²) in [5.41, 5.74) is -0.267. The lowest BCUT2D eigenvalue weighted by Crippen LogP contribution is -2.50. The Bertz CT molecular complexity index is 649. The van der Waals surface area contributed by atoms with E-state index in [1.165, 1.54) is 0 Å². The Balaban J connectivity index is 1.84. The number of Topliss-reactive ketones (excluding diaryl/α,β-unsaturated/α-hetero) is 1. The third-order valence-electron chi connectivity index (χ3n) is 6.99. The first-order valence-electron chi connectivity index (χ1n) is 10.6. The maximum atomic E-state index is 12.5. The number of carbonyl (C=O) groups is 1. The Hall–Kier alpha value is -0.630. The van der Waals surface area contributed by atoms with E-state index in [-0.39, 0.29) is 35.6 Å². The van der Waals surface area contributed by atoms with E-state index in [9.17, 15) is 9.90 Å². The number of ketones is 1. The van der Waals surface area contributed by atoms with Gasteiger partial charge in [-0.05, 0) is 68.0 Å². The molecule has 21 heavy (non-hydrogen) atoms. The maximum Gasteiger partial charge on any atom is 0.139 e. The van der Waals surface area contributed by atoms with E-state index >= 15 is 0 Å². The van der Waals surface area contributed by atoms with Gasteiger partial charge in [0.2, 0.25) is 0 Å². The molecule has 0 amide bonds. The molecule has 0 spiro atoms. The van der Waals surface area contributed by atoms with E-state index in [0.717, 1.165) is 24.8 Å². The fourth-order valence-electron chi connectivity index (χ4n) is 5.57. The minimum Gasteiger partial charge on any atom is -0.393 e. The van der Waals surface area contributed by atoms with Gasteiger partial charge < -0.3 is 5.11 Å². The Labute approximate surface area is 133 Å². The summed E-state index contributed by atoms with van der Waals surface area (Å²) in [6.07, 6.45) is -0.0683. The zero-order chi connectivity index (χ0) is 18.3. The molecule has 0 radical (unpaired) electrons. The Kier molecular flexibility index (Phi) is 2.16. The second-order valence-corrected chi connectivity index (χ2v) is 7.91. The van der Waals surface area contributed by atoms with Gasteiger partial charge in [0.05, 0.1) is 7.47 Å². The van der Waals surface area contributed by atoms with Crippen LogP contribution in [0.15, 0.2) is 11.6 Å². The first-order chi connectivity index (χ1) is 11.6. The van der Waals surface area contributed by atoms with Gasteiger partial charge in [-0.3, -0.25) is 4.79 Å². The number of allylic oxidation sites excluding steroid dienone is 1. The van der Waals surface area contributed by atoms with Crippen molar-refractivity contribution < 1.29 is 15.4 Å². The molecule has 116 valence electrons. The van der Waals surface area contributed by atoms with Crippen LogP contribution >= 0.6 is 0 Å². The minimum atomic E-state index is -0.920. The van der Waals surface area contributed by atoms with Crippen molar-refractivity contribution >= 4 is 5.78 Å². The van der Waals surface area contributed by atoms with Crippen LogP contribution < -0.4 is 0 Å². The van der Waals surface area contributed by atoms with E-state index in [0.29, 0.717) is 12.2 Å². The molecule has 0 bridgehead atoms. The van der Waals surface area contributed by atoms with E-state index < -0.39 is 30.7 Å². The molecule has 0 aromatic rings. The molecule has 0 aromatic carbocycles. The van der Waals surface area contributed by atoms with Crippen LogP contribution in [0.3, 0.4) is 0 Å². The average Bonchev–Trinajstić information content (AvgIpc) is 2.88. The number of carbonyl (C=O) groups excluding carboxylic acids is 1. The summed E-state index contributed by atoms with van der Waals surface area (Å²) in [5.74, 6) is 0.394. The van der Waals surface area contributed by atoms with Crippen molar-refractivity contribution in [2.45, 2.75) is 71.2 Å². The van der Waals surface area contributed by atoms with Crippen molar-refractivity contribution in [1.29, 1.82) is 0 Å². The van der Waals surface area contributed by atoms with Gasteiger partial charge in [0, 0.05) is 15.9 Å². The van der Waals surface area contributed by atoms with Crippen LogP contribution in [-0.4, -0.2) is 17.0 Å². The van der Waals surface area contributed by atoms with Gasteiger partial charge in [0.25, 0.3) is 0 Å². The summed E-state index contributed by atoms with van der Waals surface area (Å²) >= 11 is 0. The van der Waals surface area contributed by atoms with Crippen molar-refractivity contribution in [2.24, 2.45) is 28.6 Å². The van der Waals surface area contributed by atoms with E-state index in [2.05, 4.69) is 0 Å². The highest BCUT2D eigenvalue weighted by Crippen LogP contribution is 2.63. The second-order valence-electron chi connectivity index (χ2n) is 7.91. The Morgan fingerprint density at radius 2 is 2.10 bits per heavy atom. The third kappa shape index (κ3) is 1.78. The van der Waals surface area contributed by atoms with Crippen LogP contribution in [0.2, 0.25) is 0 Å². The van der Waals surface area contributed by atoms with Crippen molar-refractivity contribution in [3.05, 3.63) is 11.6 Å². The van der Waals surface area contributed by atoms with Gasteiger partial charge >= 0.3 is 0 Å². The van der Waals surface area contributed by atoms with Crippen molar-refractivity contribution in [3.63, 3.8) is 0 Å². The molecule has 0 saturated heterocycles. The lowest BCUT2D eigenvalue weighted by atomic mass is 9.48. The Morgan fingerprint density at radius 3 is 2.90 bits per heavy atom. The summed E-state index contributed by atoms with van der Waals surface area (Å²) in [6, 6.07) is 0.246. The van der Waals surface area contributed by atoms with Gasteiger partial charge in [-0.1, -0.05) is 25.5 Å². The number of aliphatic hydroxyl groups excluding tert-OH is 1. The molecule has 4 aliphatic carbocycles. The molecule has 3 fully saturated rings. The fourth-order valence-corrected chi connectivity index (χ4v) is 5.57. The van der Waals surface area contributed by atoms with Crippen LogP contribution in [0, 0.1) is 28.6 Å². The first kappa shape index (κ1) is 10.2. The van der Waals surface area contributed by atoms with Gasteiger partial charge in [0.1, 0.15) is 5.78 Å². The van der Waals surface area contributed by atoms with Crippen molar-refractivity contribution in [2.75, 3.05) is 0 Å². The van der Waals surface area contributed by atoms with Gasteiger partial charge in [-0.2, -0.15) is 0 Å². The van der Waals surface area contributed by atoms with E-state index in [1.54, 1.807) is 0 Å². The SMILES string of the molecule is [3H]C1=C2C[C@@H](O)C([3H])C([3H])[C@]2(C)[C@H]2CC[C@]3(C)C(=O)CC[C@H]3[C@@H]2C1[3H]. The van der Waals surface area contributed by atoms with Crippen LogP contribution in [-0.2, 0) is 4.79 Å². The fraction of sp³-hybridized carbons (Fsp3) is 0.842. The summed E-state index contributed by atoms with van der Waals surface area (Å²) in [5, 5.41) is 10.2. The van der Waals surface area contributed by atoms with Crippen LogP contribution in [0.1, 0.15) is 70.6 Å². The maximum absolute atomic E-state index is 12.5. The molecule has 4 rings (SSSR count). The number of fused-ring (bicyclic) bond motifs is 5. The molecular weight excluding hydrogens is 260 g/mol. The first-order valence-corrected chi connectivity index (χ1v) is 8.32. The van der Waals surface area contributed by atoms with Gasteiger partial charge in [-0.25, -0.2) is 0 Å². The van der Waals surface area contributed by atoms with Crippen molar-refractivity contribution in [1.82, 2.24) is 0 Å². The van der Waals surface area contributed by atoms with Gasteiger partial charge in [-0.15, -0.1) is 0 Å². The normalized spacial score (nSPS) is 66.4. The quantitative estimate of drug-likeness (QED) is 0.689. The predicted molar refractivity (Wildman–Crippen MR) is 82.7 cm³/mol. The highest BCUT2D eigenvalue weighted by Gasteiger charge is 2.58. The van der Waals surface area contributed by atoms with E-state index in [1.807, 2.05) is 13.8 Å². The van der Waals surface area contributed by atoms with Gasteiger partial charge in [0.15, 0.2) is 0 Å². The zero-order valence-corrected chi connectivity index (χ0v) is 12.9. The summed E-state index contributed by atoms with van der Waals surface area (Å²) < 4.78 is 34.3. The zero-order valence-electron chi connectivity index (χ0n) is 16.9. The molecule has 1 N–H and O–H groups in total. The van der Waals surface area contributed by atoms with E-state index in [4.69, 9.17) is 5.48 Å². The van der Waals surface area contributed by atoms with Crippen LogP contribution in [0.4, 0.5) is 0 Å². The molecule has 9 atom stereocenters. The number of aliphatic hydroxyl groups is 1. The molecule has 3 saturated carbocycles. The summed E-state index contributed by atoms with van der Waals surface area (Å²) in [7, 11) is 0. The van der Waals surface area contributed by atoms with Crippen LogP contribution in [0.5, 0.6) is 0 Å². The number of hydrogen-bond acceptors (Lipinski definition) is 2. The standard InChI is InChI=1S/C19H28O2/c1-18-9-7-13(20)11-12(18)3-4-14-15-5-6-17(21)19(15,2)10-8-16(14)18/h3,13-16,20H,4-11H2,1-2H3/t13-,14-,15-,16-,18-,19-/m0/s1/i3T,4T,7T,9T/t4?,7?,9?,13-,14-,15-,16-,18-,19-. The highest BCUT2D eigenvalue weighted by molar-refractivity contribution is 5.87. The summed E-state index contributed by atoms with van der Waals surface area (Å²) in [6.45, 7) is 4.03. The lowest BCUT2D eigenvalue weighted by molar-refractivity contribution is -0.132. The molecule has 0 aliphatic heterocycles. The molecule has 4 aliphatic rings. The third-order valence-corrected chi connectivity index (χ3v) is 6.99. The second kappa shape index (κ2) is 4.44. The number of rotatable bonds is 0. The predicted octanol–water partition coefficient (Wildman–Crippen LogP) is 3.88. The number of hydrogen-bond donors (Lipinski definition) is 1. The average molecular weight is 296 g/mol. The molecule has 2 nitrogen and oxygen atoms in total. The largest absolute Gasteiger partial charge is 0.393 e. The lowest BCUT2D eigenvalue weighted by Gasteiger charge is -2.56. The molecule has 0 heterocycles. The smallest absolute Gasteiger partial charge is 0.139 e. The Morgan fingerprint density at radius 1 is 1.33 bits per heavy atom. The molecule has 2 heteroatoms. The highest BCUT2D eigenvalue weighted by atomic mass is 16.3. The molecular formula is C19H28O2. The minimum absolute atomic E-state index is 0.0610. The van der Waals surface area contributed by atoms with Crippen molar-refractivity contribution in [3.8, 4) is 0 Å². The van der Waals surface area contributed by atoms with Crippen LogP contribution in [0.25, 0.3) is 0 Å². The summed E-state index contributed by atoms with van der Waals surface area (Å²) in [4.78, 5) is 12.5. The monoisotopic (exact) mass is 296 g/mol. The topological polar surface area (TPSA) is 37.3 Å².